The van der Waals surface area contributed by atoms with Crippen LogP contribution in [0.4, 0.5) is 0 Å². The van der Waals surface area contributed by atoms with Crippen LogP contribution in [0.15, 0.2) is 42.5 Å². The summed E-state index contributed by atoms with van der Waals surface area (Å²) in [6.07, 6.45) is 0. The van der Waals surface area contributed by atoms with Crippen LogP contribution >= 0.6 is 0 Å². The van der Waals surface area contributed by atoms with Crippen molar-refractivity contribution in [1.29, 1.82) is 0 Å². The molecule has 6 heteroatoms. The Kier molecular flexibility index (Phi) is 5.41. The van der Waals surface area contributed by atoms with Crippen molar-refractivity contribution in [1.82, 2.24) is 10.6 Å². The smallest absolute Gasteiger partial charge is 0.251 e. The van der Waals surface area contributed by atoms with Crippen molar-refractivity contribution >= 4 is 11.8 Å². The molecule has 0 unspecified atom stereocenters. The van der Waals surface area contributed by atoms with Crippen molar-refractivity contribution in [2.24, 2.45) is 5.92 Å². The fourth-order valence-electron chi connectivity index (χ4n) is 2.51. The maximum Gasteiger partial charge on any atom is 0.251 e. The van der Waals surface area contributed by atoms with E-state index < -0.39 is 0 Å². The van der Waals surface area contributed by atoms with Gasteiger partial charge in [0.05, 0.1) is 0 Å². The highest BCUT2D eigenvalue weighted by molar-refractivity contribution is 5.97. The average Bonchev–Trinajstić information content (AvgIpc) is 3.12. The molecule has 2 aromatic carbocycles. The van der Waals surface area contributed by atoms with Gasteiger partial charge in [0.1, 0.15) is 0 Å². The maximum atomic E-state index is 12.3. The summed E-state index contributed by atoms with van der Waals surface area (Å²) in [6.45, 7) is 5.30. The summed E-state index contributed by atoms with van der Waals surface area (Å²) in [7, 11) is 0. The second-order valence-corrected chi connectivity index (χ2v) is 6.55. The number of carbonyl (C=O) groups excluding carboxylic acids is 2. The Morgan fingerprint density at radius 1 is 0.923 bits per heavy atom. The Labute approximate surface area is 152 Å². The molecule has 1 aliphatic heterocycles. The van der Waals surface area contributed by atoms with E-state index in [1.165, 1.54) is 0 Å². The first-order valence-electron chi connectivity index (χ1n) is 8.58. The van der Waals surface area contributed by atoms with Crippen molar-refractivity contribution in [2.75, 3.05) is 13.3 Å². The number of rotatable bonds is 6. The number of ether oxygens (including phenoxy) is 2. The molecular formula is C20H22N2O4. The number of amides is 2. The van der Waals surface area contributed by atoms with Gasteiger partial charge in [-0.15, -0.1) is 0 Å². The van der Waals surface area contributed by atoms with Crippen molar-refractivity contribution in [3.8, 4) is 11.5 Å². The van der Waals surface area contributed by atoms with Gasteiger partial charge in [-0.2, -0.15) is 0 Å². The van der Waals surface area contributed by atoms with Crippen molar-refractivity contribution in [3.05, 3.63) is 59.2 Å². The van der Waals surface area contributed by atoms with E-state index in [0.717, 1.165) is 5.56 Å². The molecule has 2 N–H and O–H groups in total. The quantitative estimate of drug-likeness (QED) is 0.836. The highest BCUT2D eigenvalue weighted by Gasteiger charge is 2.14. The Morgan fingerprint density at radius 2 is 1.54 bits per heavy atom. The first kappa shape index (κ1) is 17.8. The zero-order valence-corrected chi connectivity index (χ0v) is 14.9. The van der Waals surface area contributed by atoms with E-state index >= 15 is 0 Å². The molecular weight excluding hydrogens is 332 g/mol. The van der Waals surface area contributed by atoms with Gasteiger partial charge in [0.2, 0.25) is 6.79 Å². The summed E-state index contributed by atoms with van der Waals surface area (Å²) in [5.41, 5.74) is 1.97. The SMILES string of the molecule is CC(C)CNC(=O)c1ccc(C(=O)NCc2ccc3c(c2)OCO3)cc1. The van der Waals surface area contributed by atoms with Gasteiger partial charge >= 0.3 is 0 Å². The van der Waals surface area contributed by atoms with Crippen LogP contribution in [0, 0.1) is 5.92 Å². The van der Waals surface area contributed by atoms with E-state index in [1.807, 2.05) is 32.0 Å². The fourth-order valence-corrected chi connectivity index (χ4v) is 2.51. The summed E-state index contributed by atoms with van der Waals surface area (Å²) in [4.78, 5) is 24.3. The van der Waals surface area contributed by atoms with E-state index in [2.05, 4.69) is 10.6 Å². The minimum atomic E-state index is -0.197. The van der Waals surface area contributed by atoms with Gasteiger partial charge in [0, 0.05) is 24.2 Å². The van der Waals surface area contributed by atoms with Gasteiger partial charge < -0.3 is 20.1 Å². The Morgan fingerprint density at radius 3 is 2.19 bits per heavy atom. The topological polar surface area (TPSA) is 76.7 Å². The van der Waals surface area contributed by atoms with Crippen LogP contribution in [-0.4, -0.2) is 25.2 Å². The Hall–Kier alpha value is -3.02. The highest BCUT2D eigenvalue weighted by atomic mass is 16.7. The average molecular weight is 354 g/mol. The number of carbonyl (C=O) groups is 2. The molecule has 0 spiro atoms. The lowest BCUT2D eigenvalue weighted by Crippen LogP contribution is -2.27. The summed E-state index contributed by atoms with van der Waals surface area (Å²) in [6, 6.07) is 12.2. The molecule has 2 amide bonds. The van der Waals surface area contributed by atoms with Gasteiger partial charge in [-0.05, 0) is 47.9 Å². The Bertz CT molecular complexity index is 800. The molecule has 0 saturated carbocycles. The van der Waals surface area contributed by atoms with E-state index in [4.69, 9.17) is 9.47 Å². The van der Waals surface area contributed by atoms with Gasteiger partial charge in [-0.1, -0.05) is 19.9 Å². The minimum Gasteiger partial charge on any atom is -0.454 e. The normalized spacial score (nSPS) is 12.1. The van der Waals surface area contributed by atoms with E-state index in [-0.39, 0.29) is 18.6 Å². The van der Waals surface area contributed by atoms with Crippen molar-refractivity contribution in [3.63, 3.8) is 0 Å². The zero-order chi connectivity index (χ0) is 18.5. The van der Waals surface area contributed by atoms with Crippen LogP contribution < -0.4 is 20.1 Å². The molecule has 26 heavy (non-hydrogen) atoms. The van der Waals surface area contributed by atoms with Crippen molar-refractivity contribution in [2.45, 2.75) is 20.4 Å². The molecule has 0 fully saturated rings. The molecule has 1 aliphatic rings. The number of fused-ring (bicyclic) bond motifs is 1. The lowest BCUT2D eigenvalue weighted by molar-refractivity contribution is 0.0938. The molecule has 1 heterocycles. The third-order valence-corrected chi connectivity index (χ3v) is 3.97. The molecule has 6 nitrogen and oxygen atoms in total. The first-order chi connectivity index (χ1) is 12.5. The molecule has 0 aromatic heterocycles. The molecule has 0 atom stereocenters. The highest BCUT2D eigenvalue weighted by Crippen LogP contribution is 2.32. The van der Waals surface area contributed by atoms with Crippen LogP contribution in [0.3, 0.4) is 0 Å². The van der Waals surface area contributed by atoms with Gasteiger partial charge in [-0.25, -0.2) is 0 Å². The monoisotopic (exact) mass is 354 g/mol. The third kappa shape index (κ3) is 4.33. The number of hydrogen-bond acceptors (Lipinski definition) is 4. The lowest BCUT2D eigenvalue weighted by atomic mass is 10.1. The van der Waals surface area contributed by atoms with Crippen LogP contribution in [-0.2, 0) is 6.54 Å². The number of benzene rings is 2. The summed E-state index contributed by atoms with van der Waals surface area (Å²) in [5, 5.41) is 5.71. The zero-order valence-electron chi connectivity index (χ0n) is 14.9. The fraction of sp³-hybridized carbons (Fsp3) is 0.300. The van der Waals surface area contributed by atoms with Crippen LogP contribution in [0.2, 0.25) is 0 Å². The largest absolute Gasteiger partial charge is 0.454 e. The van der Waals surface area contributed by atoms with Crippen molar-refractivity contribution < 1.29 is 19.1 Å². The predicted molar refractivity (Wildman–Crippen MR) is 97.3 cm³/mol. The predicted octanol–water partition coefficient (Wildman–Crippen LogP) is 2.73. The van der Waals surface area contributed by atoms with E-state index in [9.17, 15) is 9.59 Å². The molecule has 136 valence electrons. The maximum absolute atomic E-state index is 12.3. The third-order valence-electron chi connectivity index (χ3n) is 3.97. The number of hydrogen-bond donors (Lipinski definition) is 2. The van der Waals surface area contributed by atoms with E-state index in [1.54, 1.807) is 24.3 Å². The molecule has 0 saturated heterocycles. The Balaban J connectivity index is 1.55. The lowest BCUT2D eigenvalue weighted by Gasteiger charge is -2.09. The van der Waals surface area contributed by atoms with Crippen LogP contribution in [0.5, 0.6) is 11.5 Å². The van der Waals surface area contributed by atoms with Gasteiger partial charge in [0.15, 0.2) is 11.5 Å². The van der Waals surface area contributed by atoms with Crippen LogP contribution in [0.1, 0.15) is 40.1 Å². The first-order valence-corrected chi connectivity index (χ1v) is 8.58. The summed E-state index contributed by atoms with van der Waals surface area (Å²) >= 11 is 0. The molecule has 0 aliphatic carbocycles. The van der Waals surface area contributed by atoms with Crippen LogP contribution in [0.25, 0.3) is 0 Å². The molecule has 2 aromatic rings. The second-order valence-electron chi connectivity index (χ2n) is 6.55. The molecule has 0 radical (unpaired) electrons. The van der Waals surface area contributed by atoms with E-state index in [0.29, 0.717) is 41.6 Å². The minimum absolute atomic E-state index is 0.133. The molecule has 3 rings (SSSR count). The van der Waals surface area contributed by atoms with Gasteiger partial charge in [-0.3, -0.25) is 9.59 Å². The number of nitrogens with one attached hydrogen (secondary N) is 2. The van der Waals surface area contributed by atoms with Gasteiger partial charge in [0.25, 0.3) is 11.8 Å². The summed E-state index contributed by atoms with van der Waals surface area (Å²) in [5.74, 6) is 1.46. The second kappa shape index (κ2) is 7.91. The molecule has 0 bridgehead atoms. The standard InChI is InChI=1S/C20H22N2O4/c1-13(2)10-21-19(23)15-4-6-16(7-5-15)20(24)22-11-14-3-8-17-18(9-14)26-12-25-17/h3-9,13H,10-12H2,1-2H3,(H,21,23)(H,22,24). The summed E-state index contributed by atoms with van der Waals surface area (Å²) < 4.78 is 10.6.